The summed E-state index contributed by atoms with van der Waals surface area (Å²) >= 11 is 0. The molecule has 2 aliphatic rings. The number of piperidine rings is 1. The van der Waals surface area contributed by atoms with Crippen molar-refractivity contribution in [1.82, 2.24) is 9.88 Å². The zero-order valence-electron chi connectivity index (χ0n) is 10.6. The first-order valence-corrected chi connectivity index (χ1v) is 6.60. The summed E-state index contributed by atoms with van der Waals surface area (Å²) in [7, 11) is 0. The van der Waals surface area contributed by atoms with Crippen LogP contribution in [0.5, 0.6) is 0 Å². The van der Waals surface area contributed by atoms with Crippen molar-refractivity contribution in [2.75, 3.05) is 13.1 Å². The Hall–Kier alpha value is -1.42. The standard InChI is InChI=1S/C14H18N2O2/c1-10-8-11-9-16(7-5-13(11)18-10)14(17)12-4-2-3-6-15-12/h2-4,6,10-11,13H,5,7-9H2,1H3/t10-,11-,13-/m1/s1. The number of carbonyl (C=O) groups is 1. The maximum absolute atomic E-state index is 12.3. The molecule has 0 N–H and O–H groups in total. The van der Waals surface area contributed by atoms with Gasteiger partial charge in [-0.2, -0.15) is 0 Å². The molecule has 4 heteroatoms. The first-order valence-electron chi connectivity index (χ1n) is 6.60. The minimum Gasteiger partial charge on any atom is -0.375 e. The van der Waals surface area contributed by atoms with Crippen LogP contribution in [0, 0.1) is 5.92 Å². The van der Waals surface area contributed by atoms with Gasteiger partial charge in [0.15, 0.2) is 0 Å². The van der Waals surface area contributed by atoms with E-state index in [1.165, 1.54) is 0 Å². The summed E-state index contributed by atoms with van der Waals surface area (Å²) in [6.45, 7) is 3.71. The molecular formula is C14H18N2O2. The lowest BCUT2D eigenvalue weighted by Gasteiger charge is -2.33. The van der Waals surface area contributed by atoms with E-state index in [4.69, 9.17) is 4.74 Å². The Kier molecular flexibility index (Phi) is 3.04. The first-order chi connectivity index (χ1) is 8.74. The topological polar surface area (TPSA) is 42.4 Å². The number of carbonyl (C=O) groups excluding carboxylic acids is 1. The number of fused-ring (bicyclic) bond motifs is 1. The predicted octanol–water partition coefficient (Wildman–Crippen LogP) is 1.72. The van der Waals surface area contributed by atoms with Crippen LogP contribution >= 0.6 is 0 Å². The van der Waals surface area contributed by atoms with E-state index >= 15 is 0 Å². The van der Waals surface area contributed by atoms with Crippen LogP contribution in [0.25, 0.3) is 0 Å². The second kappa shape index (κ2) is 4.69. The van der Waals surface area contributed by atoms with Gasteiger partial charge in [-0.25, -0.2) is 0 Å². The van der Waals surface area contributed by atoms with Gasteiger partial charge >= 0.3 is 0 Å². The maximum atomic E-state index is 12.3. The van der Waals surface area contributed by atoms with Crippen LogP contribution in [0.2, 0.25) is 0 Å². The van der Waals surface area contributed by atoms with Crippen molar-refractivity contribution in [3.05, 3.63) is 30.1 Å². The van der Waals surface area contributed by atoms with Gasteiger partial charge in [-0.3, -0.25) is 9.78 Å². The monoisotopic (exact) mass is 246 g/mol. The van der Waals surface area contributed by atoms with Crippen molar-refractivity contribution in [3.63, 3.8) is 0 Å². The summed E-state index contributed by atoms with van der Waals surface area (Å²) in [5.41, 5.74) is 0.544. The minimum atomic E-state index is 0.0496. The summed E-state index contributed by atoms with van der Waals surface area (Å²) in [4.78, 5) is 18.3. The van der Waals surface area contributed by atoms with Crippen molar-refractivity contribution in [3.8, 4) is 0 Å². The largest absolute Gasteiger partial charge is 0.375 e. The smallest absolute Gasteiger partial charge is 0.272 e. The number of hydrogen-bond donors (Lipinski definition) is 0. The second-order valence-electron chi connectivity index (χ2n) is 5.24. The third-order valence-corrected chi connectivity index (χ3v) is 3.88. The fourth-order valence-electron chi connectivity index (χ4n) is 3.03. The van der Waals surface area contributed by atoms with Gasteiger partial charge in [-0.1, -0.05) is 6.07 Å². The average molecular weight is 246 g/mol. The molecule has 2 fully saturated rings. The van der Waals surface area contributed by atoms with Crippen LogP contribution in [-0.2, 0) is 4.74 Å². The van der Waals surface area contributed by atoms with E-state index in [-0.39, 0.29) is 5.91 Å². The Balaban J connectivity index is 1.70. The zero-order chi connectivity index (χ0) is 12.5. The molecular weight excluding hydrogens is 228 g/mol. The molecule has 1 amide bonds. The Morgan fingerprint density at radius 1 is 1.50 bits per heavy atom. The molecule has 2 saturated heterocycles. The SMILES string of the molecule is C[C@@H]1C[C@@H]2CN(C(=O)c3ccccn3)CC[C@H]2O1. The molecule has 0 aliphatic carbocycles. The molecule has 3 heterocycles. The highest BCUT2D eigenvalue weighted by molar-refractivity contribution is 5.92. The Morgan fingerprint density at radius 2 is 2.39 bits per heavy atom. The van der Waals surface area contributed by atoms with E-state index in [1.54, 1.807) is 12.3 Å². The Labute approximate surface area is 107 Å². The lowest BCUT2D eigenvalue weighted by Crippen LogP contribution is -2.44. The van der Waals surface area contributed by atoms with Crippen molar-refractivity contribution in [2.24, 2.45) is 5.92 Å². The first kappa shape index (κ1) is 11.7. The van der Waals surface area contributed by atoms with Crippen LogP contribution in [0.1, 0.15) is 30.3 Å². The number of hydrogen-bond acceptors (Lipinski definition) is 3. The van der Waals surface area contributed by atoms with E-state index in [2.05, 4.69) is 11.9 Å². The van der Waals surface area contributed by atoms with E-state index < -0.39 is 0 Å². The van der Waals surface area contributed by atoms with Crippen molar-refractivity contribution < 1.29 is 9.53 Å². The Bertz CT molecular complexity index is 435. The molecule has 2 aliphatic heterocycles. The number of ether oxygens (including phenoxy) is 1. The summed E-state index contributed by atoms with van der Waals surface area (Å²) in [6, 6.07) is 5.46. The molecule has 0 spiro atoms. The highest BCUT2D eigenvalue weighted by Crippen LogP contribution is 2.32. The fraction of sp³-hybridized carbons (Fsp3) is 0.571. The number of likely N-dealkylation sites (tertiary alicyclic amines) is 1. The zero-order valence-corrected chi connectivity index (χ0v) is 10.6. The summed E-state index contributed by atoms with van der Waals surface area (Å²) < 4.78 is 5.85. The van der Waals surface area contributed by atoms with E-state index in [0.29, 0.717) is 23.8 Å². The highest BCUT2D eigenvalue weighted by atomic mass is 16.5. The summed E-state index contributed by atoms with van der Waals surface area (Å²) in [5, 5.41) is 0. The Morgan fingerprint density at radius 3 is 3.17 bits per heavy atom. The molecule has 0 aromatic carbocycles. The van der Waals surface area contributed by atoms with Crippen LogP contribution in [0.15, 0.2) is 24.4 Å². The normalized spacial score (nSPS) is 31.2. The van der Waals surface area contributed by atoms with E-state index in [1.807, 2.05) is 17.0 Å². The van der Waals surface area contributed by atoms with Crippen LogP contribution in [0.4, 0.5) is 0 Å². The van der Waals surface area contributed by atoms with Crippen molar-refractivity contribution in [2.45, 2.75) is 32.0 Å². The molecule has 1 aromatic heterocycles. The van der Waals surface area contributed by atoms with Gasteiger partial charge in [0.1, 0.15) is 5.69 Å². The van der Waals surface area contributed by atoms with Gasteiger partial charge < -0.3 is 9.64 Å². The van der Waals surface area contributed by atoms with Gasteiger partial charge in [0.2, 0.25) is 0 Å². The van der Waals surface area contributed by atoms with Crippen LogP contribution in [0.3, 0.4) is 0 Å². The van der Waals surface area contributed by atoms with Gasteiger partial charge in [-0.15, -0.1) is 0 Å². The molecule has 3 atom stereocenters. The fourth-order valence-corrected chi connectivity index (χ4v) is 3.03. The number of rotatable bonds is 1. The van der Waals surface area contributed by atoms with Crippen LogP contribution in [-0.4, -0.2) is 41.1 Å². The molecule has 0 bridgehead atoms. The van der Waals surface area contributed by atoms with Gasteiger partial charge in [-0.05, 0) is 31.9 Å². The second-order valence-corrected chi connectivity index (χ2v) is 5.24. The average Bonchev–Trinajstić information content (AvgIpc) is 2.78. The van der Waals surface area contributed by atoms with Crippen molar-refractivity contribution in [1.29, 1.82) is 0 Å². The lowest BCUT2D eigenvalue weighted by molar-refractivity contribution is 0.00850. The van der Waals surface area contributed by atoms with Gasteiger partial charge in [0.05, 0.1) is 12.2 Å². The number of nitrogens with zero attached hydrogens (tertiary/aromatic N) is 2. The van der Waals surface area contributed by atoms with Crippen LogP contribution < -0.4 is 0 Å². The molecule has 0 saturated carbocycles. The molecule has 4 nitrogen and oxygen atoms in total. The minimum absolute atomic E-state index is 0.0496. The molecule has 3 rings (SSSR count). The quantitative estimate of drug-likeness (QED) is 0.757. The maximum Gasteiger partial charge on any atom is 0.272 e. The summed E-state index contributed by atoms with van der Waals surface area (Å²) in [5.74, 6) is 0.551. The molecule has 0 unspecified atom stereocenters. The number of pyridine rings is 1. The van der Waals surface area contributed by atoms with Gasteiger partial charge in [0.25, 0.3) is 5.91 Å². The molecule has 0 radical (unpaired) electrons. The van der Waals surface area contributed by atoms with E-state index in [0.717, 1.165) is 25.9 Å². The van der Waals surface area contributed by atoms with Crippen molar-refractivity contribution >= 4 is 5.91 Å². The highest BCUT2D eigenvalue weighted by Gasteiger charge is 2.38. The number of amides is 1. The predicted molar refractivity (Wildman–Crippen MR) is 67.2 cm³/mol. The third kappa shape index (κ3) is 2.12. The number of aromatic nitrogens is 1. The lowest BCUT2D eigenvalue weighted by atomic mass is 9.93. The third-order valence-electron chi connectivity index (χ3n) is 3.88. The molecule has 96 valence electrons. The molecule has 18 heavy (non-hydrogen) atoms. The summed E-state index contributed by atoms with van der Waals surface area (Å²) in [6.07, 6.45) is 4.38. The van der Waals surface area contributed by atoms with Gasteiger partial charge in [0, 0.05) is 25.2 Å². The molecule has 1 aromatic rings. The van der Waals surface area contributed by atoms with E-state index in [9.17, 15) is 4.79 Å².